The zero-order chi connectivity index (χ0) is 21.3. The Morgan fingerprint density at radius 1 is 0.933 bits per heavy atom. The Morgan fingerprint density at radius 2 is 1.67 bits per heavy atom. The number of halogens is 2. The Hall–Kier alpha value is -2.16. The predicted octanol–water partition coefficient (Wildman–Crippen LogP) is 8.44. The lowest BCUT2D eigenvalue weighted by atomic mass is 9.77. The smallest absolute Gasteiger partial charge is 0.201 e. The number of hydrogen-bond donors (Lipinski definition) is 0. The van der Waals surface area contributed by atoms with Crippen LogP contribution in [-0.2, 0) is 0 Å². The van der Waals surface area contributed by atoms with E-state index in [1.54, 1.807) is 6.07 Å². The largest absolute Gasteiger partial charge is 0.486 e. The summed E-state index contributed by atoms with van der Waals surface area (Å²) in [6.45, 7) is 5.93. The molecule has 1 aliphatic carbocycles. The van der Waals surface area contributed by atoms with Gasteiger partial charge in [-0.25, -0.2) is 4.39 Å². The summed E-state index contributed by atoms with van der Waals surface area (Å²) in [6.07, 6.45) is 13.4. The van der Waals surface area contributed by atoms with E-state index in [9.17, 15) is 8.78 Å². The van der Waals surface area contributed by atoms with Gasteiger partial charge in [0.25, 0.3) is 0 Å². The summed E-state index contributed by atoms with van der Waals surface area (Å²) >= 11 is 0. The van der Waals surface area contributed by atoms with E-state index in [0.717, 1.165) is 5.92 Å². The number of rotatable bonds is 10. The normalized spacial score (nSPS) is 18.9. The van der Waals surface area contributed by atoms with Crippen molar-refractivity contribution in [3.63, 3.8) is 0 Å². The maximum absolute atomic E-state index is 14.5. The first-order chi connectivity index (χ1) is 14.6. The lowest BCUT2D eigenvalue weighted by Crippen LogP contribution is -2.13. The van der Waals surface area contributed by atoms with Crippen molar-refractivity contribution in [1.82, 2.24) is 0 Å². The van der Waals surface area contributed by atoms with Gasteiger partial charge in [-0.3, -0.25) is 0 Å². The second-order valence-corrected chi connectivity index (χ2v) is 8.53. The Kier molecular flexibility index (Phi) is 8.48. The fourth-order valence-corrected chi connectivity index (χ4v) is 4.59. The van der Waals surface area contributed by atoms with Crippen LogP contribution < -0.4 is 4.74 Å². The van der Waals surface area contributed by atoms with Crippen LogP contribution in [-0.4, -0.2) is 6.61 Å². The Labute approximate surface area is 180 Å². The minimum absolute atomic E-state index is 0.0841. The SMILES string of the molecule is C=CCOc1ccc(-c2ccc(C3CCC(CCCCCC)CC3)cc2)c(F)c1F. The van der Waals surface area contributed by atoms with Crippen molar-refractivity contribution < 1.29 is 13.5 Å². The van der Waals surface area contributed by atoms with E-state index in [1.165, 1.54) is 75.5 Å². The van der Waals surface area contributed by atoms with Gasteiger partial charge in [0.1, 0.15) is 6.61 Å². The predicted molar refractivity (Wildman–Crippen MR) is 121 cm³/mol. The van der Waals surface area contributed by atoms with E-state index in [-0.39, 0.29) is 17.9 Å². The van der Waals surface area contributed by atoms with Gasteiger partial charge in [0.2, 0.25) is 5.82 Å². The zero-order valence-electron chi connectivity index (χ0n) is 18.1. The van der Waals surface area contributed by atoms with Gasteiger partial charge in [-0.1, -0.05) is 75.9 Å². The van der Waals surface area contributed by atoms with Gasteiger partial charge in [-0.05, 0) is 60.8 Å². The lowest BCUT2D eigenvalue weighted by Gasteiger charge is -2.29. The summed E-state index contributed by atoms with van der Waals surface area (Å²) < 4.78 is 34.0. The average Bonchev–Trinajstić information content (AvgIpc) is 2.78. The van der Waals surface area contributed by atoms with Crippen molar-refractivity contribution in [2.24, 2.45) is 5.92 Å². The fraction of sp³-hybridized carbons (Fsp3) is 0.481. The lowest BCUT2D eigenvalue weighted by molar-refractivity contribution is 0.302. The fourth-order valence-electron chi connectivity index (χ4n) is 4.59. The summed E-state index contributed by atoms with van der Waals surface area (Å²) in [7, 11) is 0. The molecule has 0 amide bonds. The molecule has 0 atom stereocenters. The third kappa shape index (κ3) is 5.71. The van der Waals surface area contributed by atoms with E-state index in [4.69, 9.17) is 4.74 Å². The highest BCUT2D eigenvalue weighted by molar-refractivity contribution is 5.65. The van der Waals surface area contributed by atoms with Crippen molar-refractivity contribution in [2.75, 3.05) is 6.61 Å². The molecule has 0 radical (unpaired) electrons. The average molecular weight is 413 g/mol. The first-order valence-corrected chi connectivity index (χ1v) is 11.5. The molecule has 30 heavy (non-hydrogen) atoms. The first kappa shape index (κ1) is 22.5. The van der Waals surface area contributed by atoms with E-state index in [1.807, 2.05) is 12.1 Å². The number of ether oxygens (including phenoxy) is 1. The minimum Gasteiger partial charge on any atom is -0.486 e. The summed E-state index contributed by atoms with van der Waals surface area (Å²) in [5.41, 5.74) is 2.27. The molecule has 162 valence electrons. The molecule has 1 nitrogen and oxygen atoms in total. The summed E-state index contributed by atoms with van der Waals surface area (Å²) in [4.78, 5) is 0. The van der Waals surface area contributed by atoms with Gasteiger partial charge >= 0.3 is 0 Å². The zero-order valence-corrected chi connectivity index (χ0v) is 18.1. The molecule has 0 N–H and O–H groups in total. The van der Waals surface area contributed by atoms with Gasteiger partial charge in [-0.15, -0.1) is 0 Å². The van der Waals surface area contributed by atoms with Gasteiger partial charge < -0.3 is 4.74 Å². The molecule has 2 aromatic rings. The van der Waals surface area contributed by atoms with Crippen molar-refractivity contribution in [1.29, 1.82) is 0 Å². The van der Waals surface area contributed by atoms with Crippen LogP contribution in [0.4, 0.5) is 8.78 Å². The molecule has 2 aromatic carbocycles. The maximum Gasteiger partial charge on any atom is 0.201 e. The van der Waals surface area contributed by atoms with Crippen molar-refractivity contribution in [3.8, 4) is 16.9 Å². The van der Waals surface area contributed by atoms with Crippen molar-refractivity contribution >= 4 is 0 Å². The highest BCUT2D eigenvalue weighted by Crippen LogP contribution is 2.38. The molecule has 3 heteroatoms. The van der Waals surface area contributed by atoms with Crippen LogP contribution in [0.5, 0.6) is 5.75 Å². The Bertz CT molecular complexity index is 804. The third-order valence-corrected chi connectivity index (χ3v) is 6.41. The first-order valence-electron chi connectivity index (χ1n) is 11.5. The van der Waals surface area contributed by atoms with E-state index in [0.29, 0.717) is 11.5 Å². The summed E-state index contributed by atoms with van der Waals surface area (Å²) in [6, 6.07) is 11.0. The second-order valence-electron chi connectivity index (χ2n) is 8.53. The molecular formula is C27H34F2O. The van der Waals surface area contributed by atoms with E-state index in [2.05, 4.69) is 25.6 Å². The van der Waals surface area contributed by atoms with Gasteiger partial charge in [0, 0.05) is 5.56 Å². The molecule has 0 spiro atoms. The molecule has 0 saturated heterocycles. The summed E-state index contributed by atoms with van der Waals surface area (Å²) in [5.74, 6) is -0.429. The highest BCUT2D eigenvalue weighted by atomic mass is 19.2. The van der Waals surface area contributed by atoms with Gasteiger partial charge in [0.15, 0.2) is 11.6 Å². The molecule has 0 aliphatic heterocycles. The maximum atomic E-state index is 14.5. The topological polar surface area (TPSA) is 9.23 Å². The van der Waals surface area contributed by atoms with Crippen LogP contribution in [0, 0.1) is 17.6 Å². The van der Waals surface area contributed by atoms with Crippen molar-refractivity contribution in [3.05, 3.63) is 66.3 Å². The summed E-state index contributed by atoms with van der Waals surface area (Å²) in [5, 5.41) is 0. The number of hydrogen-bond acceptors (Lipinski definition) is 1. The van der Waals surface area contributed by atoms with Gasteiger partial charge in [-0.2, -0.15) is 4.39 Å². The monoisotopic (exact) mass is 412 g/mol. The standard InChI is InChI=1S/C27H34F2O/c1-3-5-6-7-8-20-9-11-21(12-10-20)22-13-15-23(16-14-22)24-17-18-25(30-19-4-2)27(29)26(24)28/h4,13-18,20-21H,2-3,5-12,19H2,1H3. The third-order valence-electron chi connectivity index (χ3n) is 6.41. The molecule has 1 aliphatic rings. The molecule has 0 aromatic heterocycles. The number of benzene rings is 2. The Balaban J connectivity index is 1.59. The highest BCUT2D eigenvalue weighted by Gasteiger charge is 2.22. The molecule has 0 bridgehead atoms. The van der Waals surface area contributed by atoms with Crippen LogP contribution >= 0.6 is 0 Å². The van der Waals surface area contributed by atoms with Crippen LogP contribution in [0.15, 0.2) is 49.1 Å². The molecular weight excluding hydrogens is 378 g/mol. The second kappa shape index (κ2) is 11.3. The Morgan fingerprint density at radius 3 is 2.33 bits per heavy atom. The van der Waals surface area contributed by atoms with Crippen LogP contribution in [0.2, 0.25) is 0 Å². The van der Waals surface area contributed by atoms with Crippen molar-refractivity contribution in [2.45, 2.75) is 70.6 Å². The number of unbranched alkanes of at least 4 members (excludes halogenated alkanes) is 3. The van der Waals surface area contributed by atoms with Crippen LogP contribution in [0.1, 0.15) is 76.2 Å². The van der Waals surface area contributed by atoms with Crippen LogP contribution in [0.3, 0.4) is 0 Å². The molecule has 0 heterocycles. The van der Waals surface area contributed by atoms with E-state index < -0.39 is 11.6 Å². The molecule has 3 rings (SSSR count). The minimum atomic E-state index is -0.948. The molecule has 1 fully saturated rings. The van der Waals surface area contributed by atoms with E-state index >= 15 is 0 Å². The quantitative estimate of drug-likeness (QED) is 0.281. The molecule has 1 saturated carbocycles. The van der Waals surface area contributed by atoms with Gasteiger partial charge in [0.05, 0.1) is 0 Å². The van der Waals surface area contributed by atoms with Crippen LogP contribution in [0.25, 0.3) is 11.1 Å². The molecule has 0 unspecified atom stereocenters.